The van der Waals surface area contributed by atoms with Gasteiger partial charge in [-0.3, -0.25) is 0 Å². The highest BCUT2D eigenvalue weighted by atomic mass is 16.5. The molecular weight excluding hydrogens is 144 g/mol. The Balaban J connectivity index is 3.02. The van der Waals surface area contributed by atoms with Gasteiger partial charge < -0.3 is 9.47 Å². The van der Waals surface area contributed by atoms with E-state index in [1.807, 2.05) is 6.92 Å². The predicted octanol–water partition coefficient (Wildman–Crippen LogP) is 1.25. The average Bonchev–Trinajstić information content (AvgIpc) is 2.01. The Morgan fingerprint density at radius 3 is 2.64 bits per heavy atom. The van der Waals surface area contributed by atoms with Gasteiger partial charge in [-0.05, 0) is 13.3 Å². The fourth-order valence-electron chi connectivity index (χ4n) is 0.691. The van der Waals surface area contributed by atoms with Crippen molar-refractivity contribution in [3.05, 3.63) is 0 Å². The summed E-state index contributed by atoms with van der Waals surface area (Å²) in [7, 11) is 0. The number of hydrogen-bond donors (Lipinski definition) is 0. The maximum absolute atomic E-state index is 10.00. The number of rotatable bonds is 7. The first-order chi connectivity index (χ1) is 5.31. The second-order valence-corrected chi connectivity index (χ2v) is 2.46. The Bertz CT molecular complexity index is 75.7. The molecule has 0 aromatic carbocycles. The van der Waals surface area contributed by atoms with Crippen LogP contribution in [0.1, 0.15) is 20.3 Å². The minimum atomic E-state index is -0.169. The summed E-state index contributed by atoms with van der Waals surface area (Å²) in [4.78, 5) is 0. The summed E-state index contributed by atoms with van der Waals surface area (Å²) < 4.78 is 10.3. The molecular formula is C8H17O3. The summed E-state index contributed by atoms with van der Waals surface area (Å²) in [6.45, 7) is 5.45. The van der Waals surface area contributed by atoms with Crippen LogP contribution in [-0.4, -0.2) is 32.5 Å². The summed E-state index contributed by atoms with van der Waals surface area (Å²) in [6.07, 6.45) is 1.07. The van der Waals surface area contributed by atoms with Crippen molar-refractivity contribution >= 4 is 0 Å². The smallest absolute Gasteiger partial charge is 0.106 e. The third kappa shape index (κ3) is 7.78. The van der Waals surface area contributed by atoms with Gasteiger partial charge in [-0.1, -0.05) is 6.92 Å². The van der Waals surface area contributed by atoms with Crippen molar-refractivity contribution in [2.45, 2.75) is 26.4 Å². The number of ether oxygens (including phenoxy) is 2. The topological polar surface area (TPSA) is 38.4 Å². The van der Waals surface area contributed by atoms with Crippen LogP contribution in [0.3, 0.4) is 0 Å². The second kappa shape index (κ2) is 7.98. The Hall–Kier alpha value is -0.120. The van der Waals surface area contributed by atoms with Gasteiger partial charge in [0.1, 0.15) is 6.61 Å². The molecule has 0 saturated carbocycles. The average molecular weight is 161 g/mol. The lowest BCUT2D eigenvalue weighted by atomic mass is 10.4. The van der Waals surface area contributed by atoms with Crippen LogP contribution in [0, 0.1) is 0 Å². The van der Waals surface area contributed by atoms with E-state index in [2.05, 4.69) is 6.92 Å². The molecule has 0 rings (SSSR count). The summed E-state index contributed by atoms with van der Waals surface area (Å²) in [5.74, 6) is 0. The fraction of sp³-hybridized carbons (Fsp3) is 1.00. The van der Waals surface area contributed by atoms with Gasteiger partial charge in [-0.25, -0.2) is 5.11 Å². The molecule has 0 aromatic rings. The lowest BCUT2D eigenvalue weighted by Gasteiger charge is -2.11. The van der Waals surface area contributed by atoms with E-state index >= 15 is 0 Å². The maximum Gasteiger partial charge on any atom is 0.106 e. The molecule has 11 heavy (non-hydrogen) atoms. The van der Waals surface area contributed by atoms with Crippen molar-refractivity contribution in [2.24, 2.45) is 0 Å². The van der Waals surface area contributed by atoms with E-state index in [1.54, 1.807) is 0 Å². The normalized spacial score (nSPS) is 13.4. The second-order valence-electron chi connectivity index (χ2n) is 2.46. The Morgan fingerprint density at radius 1 is 1.36 bits per heavy atom. The van der Waals surface area contributed by atoms with E-state index in [0.717, 1.165) is 13.0 Å². The minimum absolute atomic E-state index is 0.0514. The van der Waals surface area contributed by atoms with Gasteiger partial charge in [0, 0.05) is 6.61 Å². The maximum atomic E-state index is 10.00. The standard InChI is InChI=1S/C8H17O3/c1-3-5-10-7-8(2)11-6-4-9/h8H,3-7H2,1-2H3. The highest BCUT2D eigenvalue weighted by Gasteiger charge is 2.00. The molecule has 0 aliphatic heterocycles. The molecule has 0 spiro atoms. The van der Waals surface area contributed by atoms with Gasteiger partial charge in [-0.2, -0.15) is 0 Å². The summed E-state index contributed by atoms with van der Waals surface area (Å²) in [5, 5.41) is 10.00. The first kappa shape index (κ1) is 10.9. The quantitative estimate of drug-likeness (QED) is 0.527. The molecule has 0 aromatic heterocycles. The van der Waals surface area contributed by atoms with Gasteiger partial charge in [0.15, 0.2) is 0 Å². The van der Waals surface area contributed by atoms with Gasteiger partial charge >= 0.3 is 0 Å². The third-order valence-electron chi connectivity index (χ3n) is 1.19. The zero-order valence-electron chi connectivity index (χ0n) is 7.34. The highest BCUT2D eigenvalue weighted by Crippen LogP contribution is 1.92. The Labute approximate surface area is 68.3 Å². The van der Waals surface area contributed by atoms with Crippen molar-refractivity contribution in [1.29, 1.82) is 0 Å². The SMILES string of the molecule is CCCOCC(C)OCC[O]. The molecule has 3 heteroatoms. The zero-order valence-corrected chi connectivity index (χ0v) is 7.34. The van der Waals surface area contributed by atoms with E-state index < -0.39 is 0 Å². The van der Waals surface area contributed by atoms with Crippen molar-refractivity contribution < 1.29 is 14.6 Å². The fourth-order valence-corrected chi connectivity index (χ4v) is 0.691. The molecule has 0 heterocycles. The molecule has 1 unspecified atom stereocenters. The van der Waals surface area contributed by atoms with Crippen LogP contribution in [0.2, 0.25) is 0 Å². The van der Waals surface area contributed by atoms with Gasteiger partial charge in [-0.15, -0.1) is 0 Å². The van der Waals surface area contributed by atoms with E-state index in [1.165, 1.54) is 0 Å². The molecule has 0 amide bonds. The molecule has 0 aliphatic carbocycles. The summed E-state index contributed by atoms with van der Waals surface area (Å²) in [5.41, 5.74) is 0. The van der Waals surface area contributed by atoms with Crippen LogP contribution in [0.5, 0.6) is 0 Å². The van der Waals surface area contributed by atoms with Gasteiger partial charge in [0.2, 0.25) is 0 Å². The van der Waals surface area contributed by atoms with E-state index in [-0.39, 0.29) is 19.3 Å². The number of hydrogen-bond acceptors (Lipinski definition) is 2. The first-order valence-corrected chi connectivity index (χ1v) is 4.08. The predicted molar refractivity (Wildman–Crippen MR) is 42.1 cm³/mol. The monoisotopic (exact) mass is 161 g/mol. The zero-order chi connectivity index (χ0) is 8.53. The van der Waals surface area contributed by atoms with Crippen molar-refractivity contribution in [2.75, 3.05) is 26.4 Å². The van der Waals surface area contributed by atoms with Crippen LogP contribution in [0.15, 0.2) is 0 Å². The van der Waals surface area contributed by atoms with Crippen LogP contribution >= 0.6 is 0 Å². The molecule has 3 nitrogen and oxygen atoms in total. The summed E-state index contributed by atoms with van der Waals surface area (Å²) >= 11 is 0. The molecule has 0 saturated heterocycles. The molecule has 1 radical (unpaired) electrons. The molecule has 1 atom stereocenters. The molecule has 67 valence electrons. The van der Waals surface area contributed by atoms with Crippen LogP contribution in [-0.2, 0) is 14.6 Å². The highest BCUT2D eigenvalue weighted by molar-refractivity contribution is 4.46. The lowest BCUT2D eigenvalue weighted by Crippen LogP contribution is -2.17. The lowest BCUT2D eigenvalue weighted by molar-refractivity contribution is -0.0264. The third-order valence-corrected chi connectivity index (χ3v) is 1.19. The van der Waals surface area contributed by atoms with Gasteiger partial charge in [0.25, 0.3) is 0 Å². The van der Waals surface area contributed by atoms with Crippen molar-refractivity contribution in [3.63, 3.8) is 0 Å². The van der Waals surface area contributed by atoms with E-state index in [9.17, 15) is 5.11 Å². The molecule has 0 bridgehead atoms. The van der Waals surface area contributed by atoms with E-state index in [4.69, 9.17) is 9.47 Å². The Kier molecular flexibility index (Phi) is 7.89. The van der Waals surface area contributed by atoms with Crippen LogP contribution < -0.4 is 0 Å². The van der Waals surface area contributed by atoms with Crippen LogP contribution in [0.25, 0.3) is 0 Å². The molecule has 0 aliphatic rings. The Morgan fingerprint density at radius 2 is 2.09 bits per heavy atom. The first-order valence-electron chi connectivity index (χ1n) is 4.08. The minimum Gasteiger partial charge on any atom is -0.379 e. The molecule has 0 fully saturated rings. The largest absolute Gasteiger partial charge is 0.379 e. The van der Waals surface area contributed by atoms with Gasteiger partial charge in [0.05, 0.1) is 19.3 Å². The summed E-state index contributed by atoms with van der Waals surface area (Å²) in [6, 6.07) is 0. The van der Waals surface area contributed by atoms with Crippen molar-refractivity contribution in [3.8, 4) is 0 Å². The van der Waals surface area contributed by atoms with Crippen molar-refractivity contribution in [1.82, 2.24) is 0 Å². The van der Waals surface area contributed by atoms with Crippen LogP contribution in [0.4, 0.5) is 0 Å². The van der Waals surface area contributed by atoms with E-state index in [0.29, 0.717) is 6.61 Å². The molecule has 0 N–H and O–H groups in total.